The largest absolute Gasteiger partial charge is 0.445 e. The third-order valence-electron chi connectivity index (χ3n) is 4.09. The third kappa shape index (κ3) is 9.50. The van der Waals surface area contributed by atoms with Crippen LogP contribution in [0.4, 0.5) is 10.5 Å². The zero-order chi connectivity index (χ0) is 21.8. The van der Waals surface area contributed by atoms with E-state index in [1.165, 1.54) is 0 Å². The summed E-state index contributed by atoms with van der Waals surface area (Å²) in [5, 5.41) is 10.2. The van der Waals surface area contributed by atoms with E-state index in [0.717, 1.165) is 5.56 Å². The van der Waals surface area contributed by atoms with Crippen molar-refractivity contribution in [1.29, 1.82) is 0 Å². The first-order valence-corrected chi connectivity index (χ1v) is 11.0. The van der Waals surface area contributed by atoms with Crippen molar-refractivity contribution in [3.8, 4) is 0 Å². The van der Waals surface area contributed by atoms with Gasteiger partial charge in [0.2, 0.25) is 5.91 Å². The third-order valence-corrected chi connectivity index (χ3v) is 4.69. The fourth-order valence-corrected chi connectivity index (χ4v) is 3.04. The smallest absolute Gasteiger partial charge is 0.408 e. The molecule has 5 N–H and O–H groups in total. The Labute approximate surface area is 176 Å². The molecule has 10 heteroatoms. The number of alkyl carbamates (subject to hydrolysis) is 1. The summed E-state index contributed by atoms with van der Waals surface area (Å²) < 4.78 is 29.2. The Kier molecular flexibility index (Phi) is 9.26. The molecular formula is C20H26N4O5S. The fraction of sp³-hybridized carbons (Fsp3) is 0.300. The first-order valence-electron chi connectivity index (χ1n) is 9.44. The Morgan fingerprint density at radius 3 is 2.23 bits per heavy atom. The zero-order valence-corrected chi connectivity index (χ0v) is 17.2. The quantitative estimate of drug-likeness (QED) is 0.400. The molecule has 1 atom stereocenters. The van der Waals surface area contributed by atoms with E-state index in [0.29, 0.717) is 24.9 Å². The molecular weight excluding hydrogens is 408 g/mol. The van der Waals surface area contributed by atoms with Crippen LogP contribution in [0.25, 0.3) is 0 Å². The van der Waals surface area contributed by atoms with Crippen molar-refractivity contribution in [1.82, 2.24) is 10.0 Å². The number of ether oxygens (including phenoxy) is 1. The van der Waals surface area contributed by atoms with E-state index in [9.17, 15) is 18.0 Å². The van der Waals surface area contributed by atoms with Crippen molar-refractivity contribution in [2.24, 2.45) is 5.14 Å². The summed E-state index contributed by atoms with van der Waals surface area (Å²) >= 11 is 0. The molecule has 0 fully saturated rings. The maximum atomic E-state index is 12.6. The molecule has 0 aliphatic rings. The maximum Gasteiger partial charge on any atom is 0.408 e. The minimum atomic E-state index is -3.75. The Balaban J connectivity index is 1.89. The van der Waals surface area contributed by atoms with Gasteiger partial charge in [-0.05, 0) is 37.0 Å². The van der Waals surface area contributed by atoms with Gasteiger partial charge in [-0.15, -0.1) is 0 Å². The molecule has 0 aromatic heterocycles. The standard InChI is InChI=1S/C20H26N4O5S/c21-30(27,28)22-14-8-7-13-18(19(25)23-17-11-5-2-6-12-17)24-20(26)29-15-16-9-3-1-4-10-16/h1-6,9-12,18,22H,7-8,13-15H2,(H,23,25)(H,24,26)(H2,21,27,28)/t18-/m1/s1. The number of anilines is 1. The predicted octanol–water partition coefficient (Wildman–Crippen LogP) is 1.88. The minimum Gasteiger partial charge on any atom is -0.445 e. The van der Waals surface area contributed by atoms with Crippen LogP contribution in [0.15, 0.2) is 60.7 Å². The number of hydrogen-bond donors (Lipinski definition) is 4. The Hall–Kier alpha value is -2.95. The molecule has 2 amide bonds. The second-order valence-electron chi connectivity index (χ2n) is 6.55. The molecule has 30 heavy (non-hydrogen) atoms. The van der Waals surface area contributed by atoms with Crippen LogP contribution in [-0.4, -0.2) is 33.0 Å². The van der Waals surface area contributed by atoms with E-state index in [-0.39, 0.29) is 13.2 Å². The van der Waals surface area contributed by atoms with Crippen molar-refractivity contribution in [2.75, 3.05) is 11.9 Å². The topological polar surface area (TPSA) is 140 Å². The van der Waals surface area contributed by atoms with Crippen LogP contribution < -0.4 is 20.5 Å². The molecule has 0 saturated carbocycles. The number of unbranched alkanes of at least 4 members (excludes halogenated alkanes) is 1. The van der Waals surface area contributed by atoms with Gasteiger partial charge in [-0.2, -0.15) is 8.42 Å². The van der Waals surface area contributed by atoms with Crippen LogP contribution in [0.3, 0.4) is 0 Å². The molecule has 0 aliphatic carbocycles. The van der Waals surface area contributed by atoms with Gasteiger partial charge in [-0.3, -0.25) is 4.79 Å². The molecule has 162 valence electrons. The zero-order valence-electron chi connectivity index (χ0n) is 16.4. The number of nitrogens with two attached hydrogens (primary N) is 1. The number of carbonyl (C=O) groups excluding carboxylic acids is 2. The summed E-state index contributed by atoms with van der Waals surface area (Å²) in [5.74, 6) is -0.391. The average molecular weight is 435 g/mol. The van der Waals surface area contributed by atoms with Crippen molar-refractivity contribution in [3.63, 3.8) is 0 Å². The highest BCUT2D eigenvalue weighted by Crippen LogP contribution is 2.09. The molecule has 9 nitrogen and oxygen atoms in total. The average Bonchev–Trinajstić information content (AvgIpc) is 2.72. The van der Waals surface area contributed by atoms with E-state index in [4.69, 9.17) is 9.88 Å². The van der Waals surface area contributed by atoms with Crippen LogP contribution in [0.2, 0.25) is 0 Å². The lowest BCUT2D eigenvalue weighted by molar-refractivity contribution is -0.118. The fourth-order valence-electron chi connectivity index (χ4n) is 2.61. The number of carbonyl (C=O) groups is 2. The van der Waals surface area contributed by atoms with Crippen molar-refractivity contribution < 1.29 is 22.7 Å². The summed E-state index contributed by atoms with van der Waals surface area (Å²) in [6.45, 7) is 0.224. The van der Waals surface area contributed by atoms with Gasteiger partial charge in [0.25, 0.3) is 10.2 Å². The Morgan fingerprint density at radius 2 is 1.60 bits per heavy atom. The highest BCUT2D eigenvalue weighted by Gasteiger charge is 2.21. The molecule has 2 rings (SSSR count). The summed E-state index contributed by atoms with van der Waals surface area (Å²) in [6, 6.07) is 17.2. The SMILES string of the molecule is NS(=O)(=O)NCCCC[C@@H](NC(=O)OCc1ccccc1)C(=O)Nc1ccccc1. The Morgan fingerprint density at radius 1 is 0.967 bits per heavy atom. The van der Waals surface area contributed by atoms with Crippen molar-refractivity contribution >= 4 is 27.9 Å². The van der Waals surface area contributed by atoms with Crippen molar-refractivity contribution in [2.45, 2.75) is 31.9 Å². The second-order valence-corrected chi connectivity index (χ2v) is 7.93. The first kappa shape index (κ1) is 23.3. The van der Waals surface area contributed by atoms with Gasteiger partial charge in [0.1, 0.15) is 12.6 Å². The van der Waals surface area contributed by atoms with E-state index >= 15 is 0 Å². The second kappa shape index (κ2) is 11.9. The lowest BCUT2D eigenvalue weighted by Gasteiger charge is -2.18. The minimum absolute atomic E-state index is 0.0813. The van der Waals surface area contributed by atoms with Gasteiger partial charge < -0.3 is 15.4 Å². The monoisotopic (exact) mass is 434 g/mol. The molecule has 0 saturated heterocycles. The summed E-state index contributed by atoms with van der Waals surface area (Å²) in [7, 11) is -3.75. The molecule has 0 spiro atoms. The molecule has 0 radical (unpaired) electrons. The summed E-state index contributed by atoms with van der Waals surface area (Å²) in [6.07, 6.45) is 0.515. The van der Waals surface area contributed by atoms with Gasteiger partial charge in [-0.25, -0.2) is 14.7 Å². The number of nitrogens with one attached hydrogen (secondary N) is 3. The lowest BCUT2D eigenvalue weighted by atomic mass is 10.1. The molecule has 0 unspecified atom stereocenters. The van der Waals surface area contributed by atoms with Crippen LogP contribution in [0.5, 0.6) is 0 Å². The van der Waals surface area contributed by atoms with E-state index in [1.54, 1.807) is 24.3 Å². The summed E-state index contributed by atoms with van der Waals surface area (Å²) in [5.41, 5.74) is 1.43. The first-order chi connectivity index (χ1) is 14.3. The number of hydrogen-bond acceptors (Lipinski definition) is 5. The van der Waals surface area contributed by atoms with Crippen LogP contribution >= 0.6 is 0 Å². The molecule has 0 heterocycles. The molecule has 2 aromatic rings. The molecule has 0 aliphatic heterocycles. The van der Waals surface area contributed by atoms with Crippen LogP contribution in [0.1, 0.15) is 24.8 Å². The highest BCUT2D eigenvalue weighted by atomic mass is 32.2. The number of rotatable bonds is 11. The van der Waals surface area contributed by atoms with Crippen molar-refractivity contribution in [3.05, 3.63) is 66.2 Å². The highest BCUT2D eigenvalue weighted by molar-refractivity contribution is 7.87. The molecule has 2 aromatic carbocycles. The van der Waals surface area contributed by atoms with Gasteiger partial charge in [0.05, 0.1) is 0 Å². The Bertz CT molecular complexity index is 907. The molecule has 0 bridgehead atoms. The van der Waals surface area contributed by atoms with Gasteiger partial charge in [0, 0.05) is 12.2 Å². The van der Waals surface area contributed by atoms with Gasteiger partial charge in [0.15, 0.2) is 0 Å². The lowest BCUT2D eigenvalue weighted by Crippen LogP contribution is -2.44. The van der Waals surface area contributed by atoms with E-state index < -0.39 is 28.3 Å². The number of amides is 2. The predicted molar refractivity (Wildman–Crippen MR) is 114 cm³/mol. The van der Waals surface area contributed by atoms with Gasteiger partial charge in [-0.1, -0.05) is 48.5 Å². The number of para-hydroxylation sites is 1. The van der Waals surface area contributed by atoms with Gasteiger partial charge >= 0.3 is 6.09 Å². The van der Waals surface area contributed by atoms with E-state index in [2.05, 4.69) is 15.4 Å². The number of benzene rings is 2. The normalized spacial score (nSPS) is 12.0. The maximum absolute atomic E-state index is 12.6. The summed E-state index contributed by atoms with van der Waals surface area (Å²) in [4.78, 5) is 24.8. The van der Waals surface area contributed by atoms with E-state index in [1.807, 2.05) is 36.4 Å². The van der Waals surface area contributed by atoms with Crippen LogP contribution in [-0.2, 0) is 26.3 Å². The van der Waals surface area contributed by atoms with Crippen LogP contribution in [0, 0.1) is 0 Å².